The number of allylic oxidation sites excluding steroid dienone is 2. The third-order valence-corrected chi connectivity index (χ3v) is 3.76. The van der Waals surface area contributed by atoms with Crippen LogP contribution in [0.3, 0.4) is 0 Å². The van der Waals surface area contributed by atoms with Crippen LogP contribution in [-0.4, -0.2) is 36.3 Å². The molecule has 1 aromatic heterocycles. The molecule has 0 atom stereocenters. The zero-order chi connectivity index (χ0) is 13.1. The molecule has 2 heterocycles. The monoisotopic (exact) mass is 259 g/mol. The van der Waals surface area contributed by atoms with Gasteiger partial charge in [0.2, 0.25) is 5.95 Å². The average Bonchev–Trinajstić information content (AvgIpc) is 2.48. The second-order valence-corrected chi connectivity index (χ2v) is 5.27. The lowest BCUT2D eigenvalue weighted by Crippen LogP contribution is -2.37. The largest absolute Gasteiger partial charge is 0.378 e. The van der Waals surface area contributed by atoms with Crippen molar-refractivity contribution in [3.63, 3.8) is 0 Å². The third kappa shape index (κ3) is 2.95. The Morgan fingerprint density at radius 3 is 2.74 bits per heavy atom. The first-order valence-corrected chi connectivity index (χ1v) is 7.21. The first-order chi connectivity index (χ1) is 9.33. The number of aryl methyl sites for hydroxylation is 1. The van der Waals surface area contributed by atoms with E-state index in [1.54, 1.807) is 0 Å². The summed E-state index contributed by atoms with van der Waals surface area (Å²) in [5.41, 5.74) is 3.57. The molecule has 1 aliphatic heterocycles. The highest BCUT2D eigenvalue weighted by atomic mass is 16.5. The predicted molar refractivity (Wildman–Crippen MR) is 76.2 cm³/mol. The van der Waals surface area contributed by atoms with Crippen LogP contribution >= 0.6 is 0 Å². The second kappa shape index (κ2) is 5.70. The molecule has 0 spiro atoms. The molecule has 19 heavy (non-hydrogen) atoms. The van der Waals surface area contributed by atoms with Crippen molar-refractivity contribution in [3.05, 3.63) is 23.5 Å². The summed E-state index contributed by atoms with van der Waals surface area (Å²) in [6.45, 7) is 5.38. The summed E-state index contributed by atoms with van der Waals surface area (Å²) in [6.07, 6.45) is 7.27. The topological polar surface area (TPSA) is 38.2 Å². The van der Waals surface area contributed by atoms with Crippen molar-refractivity contribution in [2.45, 2.75) is 32.6 Å². The van der Waals surface area contributed by atoms with Gasteiger partial charge in [-0.25, -0.2) is 9.97 Å². The molecule has 0 amide bonds. The van der Waals surface area contributed by atoms with Crippen molar-refractivity contribution in [1.29, 1.82) is 0 Å². The highest BCUT2D eigenvalue weighted by Gasteiger charge is 2.16. The van der Waals surface area contributed by atoms with Gasteiger partial charge in [-0.3, -0.25) is 0 Å². The van der Waals surface area contributed by atoms with Gasteiger partial charge in [0.1, 0.15) is 0 Å². The van der Waals surface area contributed by atoms with Crippen LogP contribution in [0.25, 0.3) is 5.57 Å². The quantitative estimate of drug-likeness (QED) is 0.818. The van der Waals surface area contributed by atoms with Crippen LogP contribution in [0, 0.1) is 6.92 Å². The molecule has 0 aromatic carbocycles. The Balaban J connectivity index is 1.88. The number of aromatic nitrogens is 2. The summed E-state index contributed by atoms with van der Waals surface area (Å²) < 4.78 is 5.39. The van der Waals surface area contributed by atoms with Crippen LogP contribution in [0.15, 0.2) is 12.1 Å². The molecular weight excluding hydrogens is 238 g/mol. The normalized spacial score (nSPS) is 20.3. The highest BCUT2D eigenvalue weighted by Crippen LogP contribution is 2.26. The number of hydrogen-bond donors (Lipinski definition) is 0. The number of anilines is 1. The SMILES string of the molecule is Cc1cc(C2=CCCCC2)nc(N2CCOCC2)n1. The van der Waals surface area contributed by atoms with E-state index in [2.05, 4.69) is 29.0 Å². The van der Waals surface area contributed by atoms with Crippen molar-refractivity contribution < 1.29 is 4.74 Å². The molecule has 1 aliphatic carbocycles. The molecule has 0 bridgehead atoms. The summed E-state index contributed by atoms with van der Waals surface area (Å²) in [4.78, 5) is 11.6. The minimum atomic E-state index is 0.773. The van der Waals surface area contributed by atoms with Crippen molar-refractivity contribution in [1.82, 2.24) is 9.97 Å². The Hall–Kier alpha value is -1.42. The van der Waals surface area contributed by atoms with Crippen molar-refractivity contribution in [2.24, 2.45) is 0 Å². The van der Waals surface area contributed by atoms with Gasteiger partial charge in [0.05, 0.1) is 18.9 Å². The van der Waals surface area contributed by atoms with E-state index >= 15 is 0 Å². The molecule has 0 saturated carbocycles. The van der Waals surface area contributed by atoms with Crippen LogP contribution in [0.1, 0.15) is 37.1 Å². The minimum absolute atomic E-state index is 0.773. The van der Waals surface area contributed by atoms with E-state index in [0.29, 0.717) is 0 Å². The Bertz CT molecular complexity index is 478. The van der Waals surface area contributed by atoms with Gasteiger partial charge in [0, 0.05) is 18.8 Å². The summed E-state index contributed by atoms with van der Waals surface area (Å²) in [7, 11) is 0. The lowest BCUT2D eigenvalue weighted by atomic mass is 9.97. The van der Waals surface area contributed by atoms with Crippen LogP contribution in [-0.2, 0) is 4.74 Å². The van der Waals surface area contributed by atoms with Crippen molar-refractivity contribution >= 4 is 11.5 Å². The molecule has 0 N–H and O–H groups in total. The maximum absolute atomic E-state index is 5.39. The zero-order valence-electron chi connectivity index (χ0n) is 11.6. The fraction of sp³-hybridized carbons (Fsp3) is 0.600. The molecule has 0 unspecified atom stereocenters. The fourth-order valence-corrected chi connectivity index (χ4v) is 2.69. The summed E-state index contributed by atoms with van der Waals surface area (Å²) in [5, 5.41) is 0. The maximum atomic E-state index is 5.39. The average molecular weight is 259 g/mol. The van der Waals surface area contributed by atoms with E-state index in [0.717, 1.165) is 50.1 Å². The van der Waals surface area contributed by atoms with Crippen molar-refractivity contribution in [3.8, 4) is 0 Å². The lowest BCUT2D eigenvalue weighted by Gasteiger charge is -2.27. The Kier molecular flexibility index (Phi) is 3.78. The first kappa shape index (κ1) is 12.6. The standard InChI is InChI=1S/C15H21N3O/c1-12-11-14(13-5-3-2-4-6-13)17-15(16-12)18-7-9-19-10-8-18/h5,11H,2-4,6-10H2,1H3. The number of ether oxygens (including phenoxy) is 1. The first-order valence-electron chi connectivity index (χ1n) is 7.21. The molecule has 3 rings (SSSR count). The summed E-state index contributed by atoms with van der Waals surface area (Å²) in [5.74, 6) is 0.866. The number of nitrogens with zero attached hydrogens (tertiary/aromatic N) is 3. The molecule has 1 saturated heterocycles. The van der Waals surface area contributed by atoms with Crippen LogP contribution in [0.4, 0.5) is 5.95 Å². The number of rotatable bonds is 2. The Labute approximate surface area is 114 Å². The molecule has 102 valence electrons. The molecule has 4 nitrogen and oxygen atoms in total. The van der Waals surface area contributed by atoms with E-state index < -0.39 is 0 Å². The summed E-state index contributed by atoms with van der Waals surface area (Å²) in [6, 6.07) is 2.11. The van der Waals surface area contributed by atoms with Gasteiger partial charge < -0.3 is 9.64 Å². The molecule has 1 aromatic rings. The van der Waals surface area contributed by atoms with Gasteiger partial charge in [0.15, 0.2) is 0 Å². The third-order valence-electron chi connectivity index (χ3n) is 3.76. The second-order valence-electron chi connectivity index (χ2n) is 5.27. The van der Waals surface area contributed by atoms with Gasteiger partial charge in [-0.05, 0) is 44.2 Å². The predicted octanol–water partition coefficient (Wildman–Crippen LogP) is 2.58. The van der Waals surface area contributed by atoms with E-state index in [1.165, 1.54) is 24.8 Å². The molecule has 4 heteroatoms. The van der Waals surface area contributed by atoms with E-state index in [4.69, 9.17) is 9.72 Å². The lowest BCUT2D eigenvalue weighted by molar-refractivity contribution is 0.122. The van der Waals surface area contributed by atoms with Gasteiger partial charge >= 0.3 is 0 Å². The molecular formula is C15H21N3O. The zero-order valence-corrected chi connectivity index (χ0v) is 11.6. The Morgan fingerprint density at radius 2 is 2.00 bits per heavy atom. The fourth-order valence-electron chi connectivity index (χ4n) is 2.69. The molecule has 1 fully saturated rings. The van der Waals surface area contributed by atoms with Gasteiger partial charge in [-0.2, -0.15) is 0 Å². The van der Waals surface area contributed by atoms with Crippen LogP contribution in [0.2, 0.25) is 0 Å². The minimum Gasteiger partial charge on any atom is -0.378 e. The van der Waals surface area contributed by atoms with Crippen LogP contribution in [0.5, 0.6) is 0 Å². The van der Waals surface area contributed by atoms with E-state index in [1.807, 2.05) is 0 Å². The van der Waals surface area contributed by atoms with E-state index in [9.17, 15) is 0 Å². The Morgan fingerprint density at radius 1 is 1.16 bits per heavy atom. The highest BCUT2D eigenvalue weighted by molar-refractivity contribution is 5.64. The number of morpholine rings is 1. The van der Waals surface area contributed by atoms with Gasteiger partial charge in [0.25, 0.3) is 0 Å². The van der Waals surface area contributed by atoms with Crippen molar-refractivity contribution in [2.75, 3.05) is 31.2 Å². The summed E-state index contributed by atoms with van der Waals surface area (Å²) >= 11 is 0. The maximum Gasteiger partial charge on any atom is 0.226 e. The molecule has 0 radical (unpaired) electrons. The van der Waals surface area contributed by atoms with E-state index in [-0.39, 0.29) is 0 Å². The number of hydrogen-bond acceptors (Lipinski definition) is 4. The molecule has 2 aliphatic rings. The van der Waals surface area contributed by atoms with Gasteiger partial charge in [-0.1, -0.05) is 6.08 Å². The van der Waals surface area contributed by atoms with Crippen LogP contribution < -0.4 is 4.90 Å². The smallest absolute Gasteiger partial charge is 0.226 e. The van der Waals surface area contributed by atoms with Gasteiger partial charge in [-0.15, -0.1) is 0 Å².